The highest BCUT2D eigenvalue weighted by atomic mass is 32.1. The Hall–Kier alpha value is -1.95. The van der Waals surface area contributed by atoms with Gasteiger partial charge in [-0.25, -0.2) is 9.97 Å². The van der Waals surface area contributed by atoms with Gasteiger partial charge in [0.25, 0.3) is 0 Å². The zero-order chi connectivity index (χ0) is 16.1. The SMILES string of the molecule is Cn1cc(C[C@@H]2CCN(c3ncnc4sc5c(c34)CCC5)C2)cn1. The van der Waals surface area contributed by atoms with Gasteiger partial charge >= 0.3 is 0 Å². The van der Waals surface area contributed by atoms with Gasteiger partial charge in [-0.05, 0) is 49.1 Å². The molecule has 0 unspecified atom stereocenters. The summed E-state index contributed by atoms with van der Waals surface area (Å²) in [7, 11) is 1.99. The molecule has 1 aliphatic heterocycles. The maximum absolute atomic E-state index is 4.69. The van der Waals surface area contributed by atoms with E-state index in [1.807, 2.05) is 29.3 Å². The van der Waals surface area contributed by atoms with E-state index in [-0.39, 0.29) is 0 Å². The van der Waals surface area contributed by atoms with E-state index in [1.165, 1.54) is 57.7 Å². The van der Waals surface area contributed by atoms with Crippen molar-refractivity contribution in [1.82, 2.24) is 19.7 Å². The molecule has 1 atom stereocenters. The van der Waals surface area contributed by atoms with E-state index in [0.29, 0.717) is 5.92 Å². The Kier molecular flexibility index (Phi) is 3.33. The van der Waals surface area contributed by atoms with Crippen molar-refractivity contribution in [2.75, 3.05) is 18.0 Å². The second-order valence-electron chi connectivity index (χ2n) is 7.06. The van der Waals surface area contributed by atoms with Crippen molar-refractivity contribution in [2.45, 2.75) is 32.1 Å². The first kappa shape index (κ1) is 14.4. The smallest absolute Gasteiger partial charge is 0.141 e. The first-order valence-electron chi connectivity index (χ1n) is 8.75. The fraction of sp³-hybridized carbons (Fsp3) is 0.500. The van der Waals surface area contributed by atoms with Crippen LogP contribution in [0.4, 0.5) is 5.82 Å². The maximum Gasteiger partial charge on any atom is 0.141 e. The lowest BCUT2D eigenvalue weighted by molar-refractivity contribution is 0.586. The molecule has 0 saturated carbocycles. The van der Waals surface area contributed by atoms with Gasteiger partial charge < -0.3 is 4.90 Å². The van der Waals surface area contributed by atoms with Crippen molar-refractivity contribution in [3.63, 3.8) is 0 Å². The molecule has 6 heteroatoms. The maximum atomic E-state index is 4.69. The molecule has 124 valence electrons. The third-order valence-corrected chi connectivity index (χ3v) is 6.55. The van der Waals surface area contributed by atoms with Crippen LogP contribution in [0.1, 0.15) is 28.8 Å². The summed E-state index contributed by atoms with van der Waals surface area (Å²) in [5.41, 5.74) is 2.87. The molecule has 0 aromatic carbocycles. The first-order chi connectivity index (χ1) is 11.8. The second kappa shape index (κ2) is 5.55. The summed E-state index contributed by atoms with van der Waals surface area (Å²) in [5, 5.41) is 5.64. The summed E-state index contributed by atoms with van der Waals surface area (Å²) < 4.78 is 1.89. The van der Waals surface area contributed by atoms with Crippen LogP contribution in [0.5, 0.6) is 0 Å². The van der Waals surface area contributed by atoms with Crippen LogP contribution in [0, 0.1) is 5.92 Å². The molecule has 2 aliphatic rings. The Morgan fingerprint density at radius 3 is 3.12 bits per heavy atom. The highest BCUT2D eigenvalue weighted by molar-refractivity contribution is 7.19. The number of fused-ring (bicyclic) bond motifs is 3. The van der Waals surface area contributed by atoms with Crippen molar-refractivity contribution in [3.05, 3.63) is 34.7 Å². The second-order valence-corrected chi connectivity index (χ2v) is 8.15. The fourth-order valence-electron chi connectivity index (χ4n) is 4.25. The van der Waals surface area contributed by atoms with Crippen LogP contribution in [0.2, 0.25) is 0 Å². The fourth-order valence-corrected chi connectivity index (χ4v) is 5.48. The number of hydrogen-bond acceptors (Lipinski definition) is 5. The summed E-state index contributed by atoms with van der Waals surface area (Å²) in [6.07, 6.45) is 11.9. The molecular formula is C18H21N5S. The Bertz CT molecular complexity index is 896. The number of hydrogen-bond donors (Lipinski definition) is 0. The lowest BCUT2D eigenvalue weighted by Gasteiger charge is -2.18. The molecule has 0 spiro atoms. The summed E-state index contributed by atoms with van der Waals surface area (Å²) in [6.45, 7) is 2.19. The zero-order valence-corrected chi connectivity index (χ0v) is 14.7. The van der Waals surface area contributed by atoms with Crippen molar-refractivity contribution < 1.29 is 0 Å². The standard InChI is InChI=1S/C18H21N5S/c1-22-9-13(8-21-22)7-12-5-6-23(10-12)17-16-14-3-2-4-15(14)24-18(16)20-11-19-17/h8-9,11-12H,2-7,10H2,1H3/t12-/m0/s1. The number of aromatic nitrogens is 4. The summed E-state index contributed by atoms with van der Waals surface area (Å²) in [5.74, 6) is 1.86. The molecule has 4 heterocycles. The minimum atomic E-state index is 0.686. The Morgan fingerprint density at radius 2 is 2.25 bits per heavy atom. The van der Waals surface area contributed by atoms with Gasteiger partial charge in [-0.2, -0.15) is 5.10 Å². The van der Waals surface area contributed by atoms with Crippen molar-refractivity contribution >= 4 is 27.4 Å². The van der Waals surface area contributed by atoms with Gasteiger partial charge in [0.05, 0.1) is 11.6 Å². The van der Waals surface area contributed by atoms with Crippen LogP contribution in [-0.2, 0) is 26.3 Å². The molecule has 3 aromatic heterocycles. The summed E-state index contributed by atoms with van der Waals surface area (Å²) in [4.78, 5) is 14.4. The van der Waals surface area contributed by atoms with Gasteiger partial charge in [0, 0.05) is 31.2 Å². The average molecular weight is 339 g/mol. The quantitative estimate of drug-likeness (QED) is 0.736. The molecule has 0 radical (unpaired) electrons. The van der Waals surface area contributed by atoms with E-state index in [0.717, 1.165) is 19.5 Å². The molecule has 1 saturated heterocycles. The molecule has 1 fully saturated rings. The molecule has 0 amide bonds. The van der Waals surface area contributed by atoms with E-state index in [1.54, 1.807) is 6.33 Å². The third kappa shape index (κ3) is 2.32. The molecule has 3 aromatic rings. The number of rotatable bonds is 3. The predicted molar refractivity (Wildman–Crippen MR) is 96.7 cm³/mol. The first-order valence-corrected chi connectivity index (χ1v) is 9.57. The Morgan fingerprint density at radius 1 is 1.29 bits per heavy atom. The van der Waals surface area contributed by atoms with Crippen LogP contribution in [0.15, 0.2) is 18.7 Å². The van der Waals surface area contributed by atoms with Crippen LogP contribution in [0.3, 0.4) is 0 Å². The molecule has 24 heavy (non-hydrogen) atoms. The van der Waals surface area contributed by atoms with Gasteiger partial charge in [-0.1, -0.05) is 0 Å². The molecule has 0 bridgehead atoms. The molecule has 5 nitrogen and oxygen atoms in total. The predicted octanol–water partition coefficient (Wildman–Crippen LogP) is 2.98. The monoisotopic (exact) mass is 339 g/mol. The van der Waals surface area contributed by atoms with Gasteiger partial charge in [0.15, 0.2) is 0 Å². The molecule has 5 rings (SSSR count). The minimum Gasteiger partial charge on any atom is -0.356 e. The molecule has 1 aliphatic carbocycles. The van der Waals surface area contributed by atoms with Gasteiger partial charge in [-0.3, -0.25) is 4.68 Å². The van der Waals surface area contributed by atoms with Crippen molar-refractivity contribution in [1.29, 1.82) is 0 Å². The average Bonchev–Trinajstić information content (AvgIpc) is 3.31. The van der Waals surface area contributed by atoms with Gasteiger partial charge in [-0.15, -0.1) is 11.3 Å². The van der Waals surface area contributed by atoms with E-state index in [9.17, 15) is 0 Å². The van der Waals surface area contributed by atoms with E-state index >= 15 is 0 Å². The lowest BCUT2D eigenvalue weighted by atomic mass is 10.0. The van der Waals surface area contributed by atoms with Crippen LogP contribution < -0.4 is 4.90 Å². The Balaban J connectivity index is 1.42. The van der Waals surface area contributed by atoms with Gasteiger partial charge in [0.2, 0.25) is 0 Å². The van der Waals surface area contributed by atoms with E-state index in [4.69, 9.17) is 0 Å². The van der Waals surface area contributed by atoms with Crippen molar-refractivity contribution in [3.8, 4) is 0 Å². The Labute approximate surface area is 145 Å². The molecule has 0 N–H and O–H groups in total. The third-order valence-electron chi connectivity index (χ3n) is 5.35. The van der Waals surface area contributed by atoms with Crippen molar-refractivity contribution in [2.24, 2.45) is 13.0 Å². The number of nitrogens with zero attached hydrogens (tertiary/aromatic N) is 5. The number of thiophene rings is 1. The summed E-state index contributed by atoms with van der Waals surface area (Å²) >= 11 is 1.88. The zero-order valence-electron chi connectivity index (χ0n) is 13.9. The highest BCUT2D eigenvalue weighted by Gasteiger charge is 2.28. The largest absolute Gasteiger partial charge is 0.356 e. The highest BCUT2D eigenvalue weighted by Crippen LogP contribution is 2.41. The van der Waals surface area contributed by atoms with Crippen LogP contribution in [0.25, 0.3) is 10.2 Å². The summed E-state index contributed by atoms with van der Waals surface area (Å²) in [6, 6.07) is 0. The lowest BCUT2D eigenvalue weighted by Crippen LogP contribution is -2.21. The number of anilines is 1. The minimum absolute atomic E-state index is 0.686. The van der Waals surface area contributed by atoms with E-state index in [2.05, 4.69) is 26.2 Å². The van der Waals surface area contributed by atoms with E-state index < -0.39 is 0 Å². The topological polar surface area (TPSA) is 46.8 Å². The number of aryl methyl sites for hydroxylation is 3. The molecular weight excluding hydrogens is 318 g/mol. The van der Waals surface area contributed by atoms with Gasteiger partial charge in [0.1, 0.15) is 17.0 Å². The van der Waals surface area contributed by atoms with Crippen LogP contribution >= 0.6 is 11.3 Å². The normalized spacial score (nSPS) is 20.2. The van der Waals surface area contributed by atoms with Crippen LogP contribution in [-0.4, -0.2) is 32.8 Å².